The lowest BCUT2D eigenvalue weighted by molar-refractivity contribution is 0.590. The van der Waals surface area contributed by atoms with Crippen molar-refractivity contribution in [1.82, 2.24) is 0 Å². The molecule has 0 atom stereocenters. The summed E-state index contributed by atoms with van der Waals surface area (Å²) in [7, 11) is -3.86. The molecule has 0 spiro atoms. The fourth-order valence-corrected chi connectivity index (χ4v) is 3.58. The van der Waals surface area contributed by atoms with Crippen LogP contribution in [-0.4, -0.2) is 8.42 Å². The maximum Gasteiger partial charge on any atom is 0.247 e. The Balaban J connectivity index is 2.55. The Kier molecular flexibility index (Phi) is 3.66. The molecule has 2 nitrogen and oxygen atoms in total. The van der Waals surface area contributed by atoms with Gasteiger partial charge in [-0.05, 0) is 12.1 Å². The van der Waals surface area contributed by atoms with Gasteiger partial charge in [-0.2, -0.15) is 0 Å². The second-order valence-electron chi connectivity index (χ2n) is 3.70. The van der Waals surface area contributed by atoms with Crippen LogP contribution in [0.3, 0.4) is 0 Å². The smallest absolute Gasteiger partial charge is 0.220 e. The number of halogens is 2. The van der Waals surface area contributed by atoms with Gasteiger partial charge in [0, 0.05) is 5.56 Å². The summed E-state index contributed by atoms with van der Waals surface area (Å²) in [5.41, 5.74) is 0.331. The van der Waals surface area contributed by atoms with Crippen molar-refractivity contribution in [3.8, 4) is 0 Å². The van der Waals surface area contributed by atoms with Crippen molar-refractivity contribution in [3.63, 3.8) is 0 Å². The number of hydrogen-bond acceptors (Lipinski definition) is 2. The molecule has 0 aromatic heterocycles. The molecular formula is C13H10Cl2O2S. The molecule has 0 fully saturated rings. The summed E-state index contributed by atoms with van der Waals surface area (Å²) >= 11 is 12.1. The third-order valence-corrected chi connectivity index (χ3v) is 5.96. The lowest BCUT2D eigenvalue weighted by atomic mass is 10.2. The fraction of sp³-hybridized carbons (Fsp3) is 0.0769. The second-order valence-corrected chi connectivity index (χ2v) is 7.57. The summed E-state index contributed by atoms with van der Waals surface area (Å²) in [6.45, 7) is 0. The van der Waals surface area contributed by atoms with E-state index >= 15 is 0 Å². The molecule has 5 heteroatoms. The Morgan fingerprint density at radius 1 is 0.778 bits per heavy atom. The molecule has 0 saturated heterocycles. The predicted octanol–water partition coefficient (Wildman–Crippen LogP) is 3.75. The average Bonchev–Trinajstić information content (AvgIpc) is 2.40. The Morgan fingerprint density at radius 2 is 1.22 bits per heavy atom. The highest BCUT2D eigenvalue weighted by Gasteiger charge is 2.42. The second kappa shape index (κ2) is 4.92. The van der Waals surface area contributed by atoms with Gasteiger partial charge in [0.15, 0.2) is 0 Å². The molecule has 94 valence electrons. The van der Waals surface area contributed by atoms with Gasteiger partial charge < -0.3 is 0 Å². The lowest BCUT2D eigenvalue weighted by Gasteiger charge is -2.20. The van der Waals surface area contributed by atoms with Gasteiger partial charge in [-0.3, -0.25) is 0 Å². The summed E-state index contributed by atoms with van der Waals surface area (Å²) in [4.78, 5) is 0.0962. The van der Waals surface area contributed by atoms with E-state index in [4.69, 9.17) is 23.2 Å². The molecule has 0 bridgehead atoms. The van der Waals surface area contributed by atoms with E-state index in [9.17, 15) is 8.42 Å². The van der Waals surface area contributed by atoms with Crippen LogP contribution in [0.25, 0.3) is 0 Å². The molecule has 0 aliphatic carbocycles. The molecule has 0 unspecified atom stereocenters. The number of sulfone groups is 1. The van der Waals surface area contributed by atoms with Crippen LogP contribution in [0.2, 0.25) is 0 Å². The Hall–Kier alpha value is -1.03. The van der Waals surface area contributed by atoms with Crippen LogP contribution in [-0.2, 0) is 13.5 Å². The highest BCUT2D eigenvalue weighted by Crippen LogP contribution is 2.43. The molecule has 0 amide bonds. The molecular weight excluding hydrogens is 291 g/mol. The molecule has 2 aromatic rings. The Bertz CT molecular complexity index is 623. The first-order valence-electron chi connectivity index (χ1n) is 5.19. The normalized spacial score (nSPS) is 12.3. The molecule has 18 heavy (non-hydrogen) atoms. The van der Waals surface area contributed by atoms with E-state index < -0.39 is 13.5 Å². The summed E-state index contributed by atoms with van der Waals surface area (Å²) in [6, 6.07) is 16.2. The van der Waals surface area contributed by atoms with E-state index in [1.54, 1.807) is 48.5 Å². The third kappa shape index (κ3) is 2.26. The van der Waals surface area contributed by atoms with Crippen molar-refractivity contribution in [2.75, 3.05) is 0 Å². The van der Waals surface area contributed by atoms with Crippen LogP contribution in [0.1, 0.15) is 5.56 Å². The molecule has 0 saturated carbocycles. The van der Waals surface area contributed by atoms with Gasteiger partial charge in [-0.15, -0.1) is 0 Å². The minimum absolute atomic E-state index is 0.0962. The summed E-state index contributed by atoms with van der Waals surface area (Å²) in [5, 5.41) is 0. The van der Waals surface area contributed by atoms with Gasteiger partial charge in [0.1, 0.15) is 0 Å². The topological polar surface area (TPSA) is 34.1 Å². The van der Waals surface area contributed by atoms with Gasteiger partial charge in [-0.1, -0.05) is 71.7 Å². The average molecular weight is 301 g/mol. The van der Waals surface area contributed by atoms with Crippen molar-refractivity contribution in [2.24, 2.45) is 0 Å². The van der Waals surface area contributed by atoms with Gasteiger partial charge in [0.05, 0.1) is 4.90 Å². The highest BCUT2D eigenvalue weighted by atomic mass is 35.5. The standard InChI is InChI=1S/C13H10Cl2O2S/c14-13(15,11-7-3-1-4-8-11)18(16,17)12-9-5-2-6-10-12/h1-10H. The van der Waals surface area contributed by atoms with Gasteiger partial charge in [0.2, 0.25) is 13.5 Å². The van der Waals surface area contributed by atoms with Crippen LogP contribution >= 0.6 is 23.2 Å². The maximum absolute atomic E-state index is 12.4. The Labute approximate surface area is 116 Å². The van der Waals surface area contributed by atoms with E-state index in [-0.39, 0.29) is 4.90 Å². The molecule has 2 aromatic carbocycles. The number of rotatable bonds is 3. The van der Waals surface area contributed by atoms with Crippen LogP contribution in [0.5, 0.6) is 0 Å². The van der Waals surface area contributed by atoms with E-state index in [0.29, 0.717) is 5.56 Å². The van der Waals surface area contributed by atoms with Gasteiger partial charge >= 0.3 is 0 Å². The minimum Gasteiger partial charge on any atom is -0.220 e. The van der Waals surface area contributed by atoms with Crippen LogP contribution < -0.4 is 0 Å². The lowest BCUT2D eigenvalue weighted by Crippen LogP contribution is -2.24. The van der Waals surface area contributed by atoms with Crippen molar-refractivity contribution >= 4 is 33.0 Å². The van der Waals surface area contributed by atoms with Crippen molar-refractivity contribution in [3.05, 3.63) is 66.2 Å². The highest BCUT2D eigenvalue weighted by molar-refractivity contribution is 7.95. The van der Waals surface area contributed by atoms with Crippen LogP contribution in [0.4, 0.5) is 0 Å². The third-order valence-electron chi connectivity index (χ3n) is 2.50. The van der Waals surface area contributed by atoms with E-state index in [1.165, 1.54) is 12.1 Å². The monoisotopic (exact) mass is 300 g/mol. The quantitative estimate of drug-likeness (QED) is 0.809. The maximum atomic E-state index is 12.4. The van der Waals surface area contributed by atoms with E-state index in [0.717, 1.165) is 0 Å². The van der Waals surface area contributed by atoms with Crippen molar-refractivity contribution in [1.29, 1.82) is 0 Å². The predicted molar refractivity (Wildman–Crippen MR) is 73.5 cm³/mol. The van der Waals surface area contributed by atoms with Crippen LogP contribution in [0, 0.1) is 0 Å². The minimum atomic E-state index is -3.86. The Morgan fingerprint density at radius 3 is 1.72 bits per heavy atom. The molecule has 0 aliphatic heterocycles. The van der Waals surface area contributed by atoms with Crippen LogP contribution in [0.15, 0.2) is 65.6 Å². The number of alkyl halides is 2. The van der Waals surface area contributed by atoms with E-state index in [2.05, 4.69) is 0 Å². The SMILES string of the molecule is O=S(=O)(c1ccccc1)C(Cl)(Cl)c1ccccc1. The first-order valence-corrected chi connectivity index (χ1v) is 7.43. The zero-order chi connectivity index (χ0) is 13.2. The fourth-order valence-electron chi connectivity index (χ4n) is 1.53. The zero-order valence-corrected chi connectivity index (χ0v) is 11.6. The molecule has 2 rings (SSSR count). The molecule has 0 radical (unpaired) electrons. The molecule has 0 heterocycles. The summed E-state index contributed by atoms with van der Waals surface area (Å²) in [6.07, 6.45) is 0. The van der Waals surface area contributed by atoms with Gasteiger partial charge in [0.25, 0.3) is 0 Å². The van der Waals surface area contributed by atoms with Gasteiger partial charge in [-0.25, -0.2) is 8.42 Å². The first kappa shape index (κ1) is 13.4. The zero-order valence-electron chi connectivity index (χ0n) is 9.25. The molecule has 0 aliphatic rings. The first-order chi connectivity index (χ1) is 8.46. The van der Waals surface area contributed by atoms with E-state index in [1.807, 2.05) is 0 Å². The van der Waals surface area contributed by atoms with Crippen molar-refractivity contribution < 1.29 is 8.42 Å². The number of hydrogen-bond donors (Lipinski definition) is 0. The number of benzene rings is 2. The van der Waals surface area contributed by atoms with Crippen molar-refractivity contribution in [2.45, 2.75) is 8.56 Å². The summed E-state index contributed by atoms with van der Waals surface area (Å²) < 4.78 is 22.8. The largest absolute Gasteiger partial charge is 0.247 e. The molecule has 0 N–H and O–H groups in total. The summed E-state index contributed by atoms with van der Waals surface area (Å²) in [5.74, 6) is 0.